The SMILES string of the molecule is C[C@H]1COCCO[C@H]1OC1CCCC1. The highest BCUT2D eigenvalue weighted by Gasteiger charge is 2.26. The lowest BCUT2D eigenvalue weighted by molar-refractivity contribution is -0.185. The Kier molecular flexibility index (Phi) is 3.79. The van der Waals surface area contributed by atoms with E-state index < -0.39 is 0 Å². The third-order valence-corrected chi connectivity index (χ3v) is 2.98. The van der Waals surface area contributed by atoms with E-state index in [4.69, 9.17) is 14.2 Å². The van der Waals surface area contributed by atoms with Gasteiger partial charge in [-0.05, 0) is 12.8 Å². The fraction of sp³-hybridized carbons (Fsp3) is 1.00. The Labute approximate surface area is 85.7 Å². The van der Waals surface area contributed by atoms with Crippen LogP contribution in [0.5, 0.6) is 0 Å². The average Bonchev–Trinajstić information content (AvgIpc) is 2.60. The first-order chi connectivity index (χ1) is 6.86. The molecule has 0 bridgehead atoms. The van der Waals surface area contributed by atoms with E-state index in [-0.39, 0.29) is 6.29 Å². The lowest BCUT2D eigenvalue weighted by Crippen LogP contribution is -2.29. The van der Waals surface area contributed by atoms with Crippen LogP contribution in [0.25, 0.3) is 0 Å². The second-order valence-electron chi connectivity index (χ2n) is 4.33. The predicted octanol–water partition coefficient (Wildman–Crippen LogP) is 1.95. The summed E-state index contributed by atoms with van der Waals surface area (Å²) in [5, 5.41) is 0. The van der Waals surface area contributed by atoms with Crippen molar-refractivity contribution in [1.29, 1.82) is 0 Å². The van der Waals surface area contributed by atoms with E-state index in [9.17, 15) is 0 Å². The molecular weight excluding hydrogens is 180 g/mol. The molecule has 2 aliphatic rings. The minimum absolute atomic E-state index is 0.0411. The topological polar surface area (TPSA) is 27.7 Å². The molecule has 1 heterocycles. The summed E-state index contributed by atoms with van der Waals surface area (Å²) in [5.74, 6) is 0.359. The van der Waals surface area contributed by atoms with Crippen LogP contribution >= 0.6 is 0 Å². The van der Waals surface area contributed by atoms with Crippen LogP contribution < -0.4 is 0 Å². The average molecular weight is 200 g/mol. The van der Waals surface area contributed by atoms with Crippen LogP contribution in [0.3, 0.4) is 0 Å². The van der Waals surface area contributed by atoms with E-state index in [1.807, 2.05) is 0 Å². The van der Waals surface area contributed by atoms with Gasteiger partial charge in [0, 0.05) is 5.92 Å². The van der Waals surface area contributed by atoms with E-state index in [0.29, 0.717) is 25.2 Å². The van der Waals surface area contributed by atoms with Gasteiger partial charge in [-0.15, -0.1) is 0 Å². The molecule has 0 spiro atoms. The van der Waals surface area contributed by atoms with Gasteiger partial charge >= 0.3 is 0 Å². The molecule has 0 radical (unpaired) electrons. The summed E-state index contributed by atoms with van der Waals surface area (Å²) < 4.78 is 17.0. The quantitative estimate of drug-likeness (QED) is 0.682. The van der Waals surface area contributed by atoms with Gasteiger partial charge in [-0.3, -0.25) is 0 Å². The lowest BCUT2D eigenvalue weighted by Gasteiger charge is -2.24. The van der Waals surface area contributed by atoms with Gasteiger partial charge in [0.25, 0.3) is 0 Å². The smallest absolute Gasteiger partial charge is 0.162 e. The normalized spacial score (nSPS) is 35.8. The van der Waals surface area contributed by atoms with Gasteiger partial charge in [-0.1, -0.05) is 19.8 Å². The number of rotatable bonds is 2. The summed E-state index contributed by atoms with van der Waals surface area (Å²) in [7, 11) is 0. The molecule has 0 aromatic heterocycles. The van der Waals surface area contributed by atoms with Crippen molar-refractivity contribution in [2.45, 2.75) is 45.0 Å². The summed E-state index contributed by atoms with van der Waals surface area (Å²) in [6, 6.07) is 0. The van der Waals surface area contributed by atoms with Gasteiger partial charge in [-0.25, -0.2) is 0 Å². The van der Waals surface area contributed by atoms with E-state index in [1.165, 1.54) is 25.7 Å². The van der Waals surface area contributed by atoms with Crippen LogP contribution in [0.1, 0.15) is 32.6 Å². The van der Waals surface area contributed by atoms with Crippen molar-refractivity contribution < 1.29 is 14.2 Å². The van der Waals surface area contributed by atoms with Crippen molar-refractivity contribution >= 4 is 0 Å². The van der Waals surface area contributed by atoms with Crippen LogP contribution in [0.2, 0.25) is 0 Å². The molecule has 3 nitrogen and oxygen atoms in total. The van der Waals surface area contributed by atoms with Gasteiger partial charge in [0.2, 0.25) is 0 Å². The third kappa shape index (κ3) is 2.69. The fourth-order valence-electron chi connectivity index (χ4n) is 2.12. The standard InChI is InChI=1S/C11H20O3/c1-9-8-12-6-7-13-11(9)14-10-4-2-3-5-10/h9-11H,2-8H2,1H3/t9-,11-/m0/s1. The summed E-state index contributed by atoms with van der Waals surface area (Å²) >= 11 is 0. The lowest BCUT2D eigenvalue weighted by atomic mass is 10.2. The highest BCUT2D eigenvalue weighted by molar-refractivity contribution is 4.69. The first-order valence-corrected chi connectivity index (χ1v) is 5.71. The maximum absolute atomic E-state index is 5.94. The predicted molar refractivity (Wildman–Crippen MR) is 53.1 cm³/mol. The van der Waals surface area contributed by atoms with Crippen LogP contribution in [0.15, 0.2) is 0 Å². The molecule has 14 heavy (non-hydrogen) atoms. The molecule has 2 atom stereocenters. The van der Waals surface area contributed by atoms with Crippen molar-refractivity contribution in [2.24, 2.45) is 5.92 Å². The molecule has 0 aromatic carbocycles. The molecule has 1 aliphatic carbocycles. The summed E-state index contributed by atoms with van der Waals surface area (Å²) in [6.07, 6.45) is 5.41. The molecule has 1 saturated heterocycles. The second-order valence-corrected chi connectivity index (χ2v) is 4.33. The number of hydrogen-bond donors (Lipinski definition) is 0. The molecular formula is C11H20O3. The van der Waals surface area contributed by atoms with Crippen LogP contribution in [0.4, 0.5) is 0 Å². The third-order valence-electron chi connectivity index (χ3n) is 2.98. The number of hydrogen-bond acceptors (Lipinski definition) is 3. The fourth-order valence-corrected chi connectivity index (χ4v) is 2.12. The molecule has 0 N–H and O–H groups in total. The molecule has 1 saturated carbocycles. The van der Waals surface area contributed by atoms with Gasteiger partial charge in [-0.2, -0.15) is 0 Å². The molecule has 2 rings (SSSR count). The zero-order chi connectivity index (χ0) is 9.80. The van der Waals surface area contributed by atoms with Gasteiger partial charge < -0.3 is 14.2 Å². The maximum atomic E-state index is 5.94. The van der Waals surface area contributed by atoms with Crippen LogP contribution in [-0.2, 0) is 14.2 Å². The first kappa shape index (κ1) is 10.4. The first-order valence-electron chi connectivity index (χ1n) is 5.71. The largest absolute Gasteiger partial charge is 0.379 e. The monoisotopic (exact) mass is 200 g/mol. The Morgan fingerprint density at radius 2 is 1.93 bits per heavy atom. The molecule has 0 unspecified atom stereocenters. The highest BCUT2D eigenvalue weighted by atomic mass is 16.7. The maximum Gasteiger partial charge on any atom is 0.162 e. The Hall–Kier alpha value is -0.120. The van der Waals surface area contributed by atoms with Gasteiger partial charge in [0.15, 0.2) is 6.29 Å². The molecule has 82 valence electrons. The summed E-state index contributed by atoms with van der Waals surface area (Å²) in [5.41, 5.74) is 0. The van der Waals surface area contributed by atoms with E-state index in [0.717, 1.165) is 6.61 Å². The summed E-state index contributed by atoms with van der Waals surface area (Å²) in [6.45, 7) is 4.26. The van der Waals surface area contributed by atoms with Crippen molar-refractivity contribution in [2.75, 3.05) is 19.8 Å². The minimum atomic E-state index is -0.0411. The number of ether oxygens (including phenoxy) is 3. The van der Waals surface area contributed by atoms with Crippen molar-refractivity contribution in [3.8, 4) is 0 Å². The molecule has 1 aliphatic heterocycles. The van der Waals surface area contributed by atoms with Crippen LogP contribution in [-0.4, -0.2) is 32.2 Å². The molecule has 2 fully saturated rings. The molecule has 0 aromatic rings. The minimum Gasteiger partial charge on any atom is -0.379 e. The van der Waals surface area contributed by atoms with Gasteiger partial charge in [0.1, 0.15) is 0 Å². The Morgan fingerprint density at radius 3 is 2.71 bits per heavy atom. The van der Waals surface area contributed by atoms with Crippen molar-refractivity contribution in [1.82, 2.24) is 0 Å². The Morgan fingerprint density at radius 1 is 1.14 bits per heavy atom. The van der Waals surface area contributed by atoms with Crippen LogP contribution in [0, 0.1) is 5.92 Å². The molecule has 0 amide bonds. The van der Waals surface area contributed by atoms with Crippen molar-refractivity contribution in [3.63, 3.8) is 0 Å². The summed E-state index contributed by atoms with van der Waals surface area (Å²) in [4.78, 5) is 0. The van der Waals surface area contributed by atoms with Gasteiger partial charge in [0.05, 0.1) is 25.9 Å². The zero-order valence-electron chi connectivity index (χ0n) is 8.91. The zero-order valence-corrected chi connectivity index (χ0v) is 8.91. The van der Waals surface area contributed by atoms with E-state index in [2.05, 4.69) is 6.92 Å². The van der Waals surface area contributed by atoms with E-state index in [1.54, 1.807) is 0 Å². The van der Waals surface area contributed by atoms with E-state index >= 15 is 0 Å². The molecule has 3 heteroatoms. The Balaban J connectivity index is 1.81. The Bertz CT molecular complexity index is 166. The van der Waals surface area contributed by atoms with Crippen molar-refractivity contribution in [3.05, 3.63) is 0 Å². The highest BCUT2D eigenvalue weighted by Crippen LogP contribution is 2.25. The second kappa shape index (κ2) is 5.10.